The number of nitrogens with zero attached hydrogens (tertiary/aromatic N) is 3. The lowest BCUT2D eigenvalue weighted by Crippen LogP contribution is -2.50. The smallest absolute Gasteiger partial charge is 0.234 e. The Balaban J connectivity index is 0.00000264. The van der Waals surface area contributed by atoms with Crippen LogP contribution in [0.1, 0.15) is 39.1 Å². The number of hydrogen-bond acceptors (Lipinski definition) is 4. The first-order chi connectivity index (χ1) is 10.4. The van der Waals surface area contributed by atoms with Gasteiger partial charge >= 0.3 is 0 Å². The first-order valence-corrected chi connectivity index (χ1v) is 8.05. The highest BCUT2D eigenvalue weighted by atomic mass is 35.5. The molecule has 23 heavy (non-hydrogen) atoms. The predicted molar refractivity (Wildman–Crippen MR) is 94.7 cm³/mol. The van der Waals surface area contributed by atoms with Crippen molar-refractivity contribution >= 4 is 18.3 Å². The van der Waals surface area contributed by atoms with Crippen LogP contribution in [0.4, 0.5) is 0 Å². The van der Waals surface area contributed by atoms with Crippen LogP contribution in [0.5, 0.6) is 0 Å². The monoisotopic (exact) mass is 343 g/mol. The van der Waals surface area contributed by atoms with Crippen LogP contribution in [-0.2, 0) is 11.8 Å². The van der Waals surface area contributed by atoms with Gasteiger partial charge in [0.1, 0.15) is 5.82 Å². The molecule has 0 spiro atoms. The van der Waals surface area contributed by atoms with Crippen LogP contribution in [0.2, 0.25) is 0 Å². The minimum absolute atomic E-state index is 0. The van der Waals surface area contributed by atoms with Crippen molar-refractivity contribution in [3.05, 3.63) is 18.2 Å². The number of aryl methyl sites for hydroxylation is 1. The normalized spacial score (nSPS) is 19.2. The number of carbonyl (C=O) groups is 1. The van der Waals surface area contributed by atoms with Gasteiger partial charge in [0, 0.05) is 45.6 Å². The molecule has 6 nitrogen and oxygen atoms in total. The van der Waals surface area contributed by atoms with E-state index < -0.39 is 0 Å². The van der Waals surface area contributed by atoms with Crippen LogP contribution in [0.3, 0.4) is 0 Å². The Morgan fingerprint density at radius 1 is 1.48 bits per heavy atom. The van der Waals surface area contributed by atoms with E-state index in [-0.39, 0.29) is 29.8 Å². The summed E-state index contributed by atoms with van der Waals surface area (Å²) in [5.74, 6) is 1.11. The first kappa shape index (κ1) is 19.9. The summed E-state index contributed by atoms with van der Waals surface area (Å²) in [6, 6.07) is 0.155. The van der Waals surface area contributed by atoms with Crippen LogP contribution in [0.15, 0.2) is 12.4 Å². The average Bonchev–Trinajstić information content (AvgIpc) is 2.84. The van der Waals surface area contributed by atoms with Gasteiger partial charge in [0.15, 0.2) is 0 Å². The number of hydrogen-bond donors (Lipinski definition) is 2. The maximum atomic E-state index is 12.2. The van der Waals surface area contributed by atoms with Crippen LogP contribution < -0.4 is 10.6 Å². The summed E-state index contributed by atoms with van der Waals surface area (Å²) >= 11 is 0. The van der Waals surface area contributed by atoms with E-state index in [1.54, 1.807) is 0 Å². The van der Waals surface area contributed by atoms with Crippen molar-refractivity contribution in [3.8, 4) is 0 Å². The molecule has 132 valence electrons. The van der Waals surface area contributed by atoms with Crippen molar-refractivity contribution in [1.82, 2.24) is 25.1 Å². The Hall–Kier alpha value is -1.11. The van der Waals surface area contributed by atoms with Gasteiger partial charge < -0.3 is 15.2 Å². The zero-order valence-corrected chi connectivity index (χ0v) is 15.4. The molecule has 1 unspecified atom stereocenters. The first-order valence-electron chi connectivity index (χ1n) is 8.05. The fourth-order valence-corrected chi connectivity index (χ4v) is 2.71. The molecule has 2 rings (SSSR count). The molecule has 0 bridgehead atoms. The van der Waals surface area contributed by atoms with Crippen LogP contribution in [0, 0.1) is 5.41 Å². The summed E-state index contributed by atoms with van der Waals surface area (Å²) in [4.78, 5) is 18.9. The summed E-state index contributed by atoms with van der Waals surface area (Å²) in [5, 5.41) is 6.43. The second kappa shape index (κ2) is 8.66. The topological polar surface area (TPSA) is 62.2 Å². The van der Waals surface area contributed by atoms with E-state index in [9.17, 15) is 4.79 Å². The second-order valence-corrected chi connectivity index (χ2v) is 7.25. The highest BCUT2D eigenvalue weighted by molar-refractivity contribution is 5.85. The summed E-state index contributed by atoms with van der Waals surface area (Å²) in [5.41, 5.74) is 0.248. The molecule has 7 heteroatoms. The second-order valence-electron chi connectivity index (χ2n) is 7.25. The van der Waals surface area contributed by atoms with Crippen LogP contribution >= 0.6 is 12.4 Å². The third kappa shape index (κ3) is 6.12. The molecule has 1 atom stereocenters. The Labute approximate surface area is 145 Å². The largest absolute Gasteiger partial charge is 0.355 e. The SMILES string of the molecule is Cl.Cn1ccnc1C1CNCCN1CC(=O)NCCC(C)(C)C. The van der Waals surface area contributed by atoms with Gasteiger partial charge in [-0.25, -0.2) is 4.98 Å². The van der Waals surface area contributed by atoms with Crippen LogP contribution in [-0.4, -0.2) is 53.1 Å². The lowest BCUT2D eigenvalue weighted by molar-refractivity contribution is -0.123. The Kier molecular flexibility index (Phi) is 7.51. The van der Waals surface area contributed by atoms with Gasteiger partial charge in [-0.05, 0) is 11.8 Å². The number of piperazine rings is 1. The van der Waals surface area contributed by atoms with Crippen molar-refractivity contribution in [3.63, 3.8) is 0 Å². The number of amides is 1. The van der Waals surface area contributed by atoms with Gasteiger partial charge in [0.05, 0.1) is 12.6 Å². The maximum absolute atomic E-state index is 12.2. The fourth-order valence-electron chi connectivity index (χ4n) is 2.71. The zero-order chi connectivity index (χ0) is 16.2. The van der Waals surface area contributed by atoms with E-state index in [1.165, 1.54) is 0 Å². The zero-order valence-electron chi connectivity index (χ0n) is 14.6. The van der Waals surface area contributed by atoms with E-state index in [2.05, 4.69) is 41.3 Å². The maximum Gasteiger partial charge on any atom is 0.234 e. The lowest BCUT2D eigenvalue weighted by atomic mass is 9.92. The number of imidazole rings is 1. The molecule has 0 saturated carbocycles. The fraction of sp³-hybridized carbons (Fsp3) is 0.750. The number of carbonyl (C=O) groups excluding carboxylic acids is 1. The summed E-state index contributed by atoms with van der Waals surface area (Å²) < 4.78 is 2.03. The van der Waals surface area contributed by atoms with E-state index >= 15 is 0 Å². The minimum Gasteiger partial charge on any atom is -0.355 e. The number of aromatic nitrogens is 2. The molecule has 1 aromatic heterocycles. The van der Waals surface area contributed by atoms with E-state index in [0.717, 1.165) is 38.4 Å². The highest BCUT2D eigenvalue weighted by Crippen LogP contribution is 2.20. The van der Waals surface area contributed by atoms with Gasteiger partial charge in [-0.3, -0.25) is 9.69 Å². The van der Waals surface area contributed by atoms with Gasteiger partial charge in [0.25, 0.3) is 0 Å². The number of rotatable bonds is 5. The molecular formula is C16H30ClN5O. The molecule has 1 saturated heterocycles. The quantitative estimate of drug-likeness (QED) is 0.847. The molecule has 1 aliphatic rings. The molecule has 2 heterocycles. The van der Waals surface area contributed by atoms with Crippen molar-refractivity contribution in [2.75, 3.05) is 32.7 Å². The van der Waals surface area contributed by atoms with Gasteiger partial charge in [-0.2, -0.15) is 0 Å². The average molecular weight is 344 g/mol. The molecule has 0 aromatic carbocycles. The molecule has 1 amide bonds. The number of nitrogens with one attached hydrogen (secondary N) is 2. The molecular weight excluding hydrogens is 314 g/mol. The van der Waals surface area contributed by atoms with Gasteiger partial charge in [-0.15, -0.1) is 12.4 Å². The predicted octanol–water partition coefficient (Wildman–Crippen LogP) is 1.34. The molecule has 1 fully saturated rings. The van der Waals surface area contributed by atoms with E-state index in [1.807, 2.05) is 24.0 Å². The minimum atomic E-state index is 0. The highest BCUT2D eigenvalue weighted by Gasteiger charge is 2.28. The third-order valence-electron chi connectivity index (χ3n) is 4.05. The Morgan fingerprint density at radius 2 is 2.22 bits per heavy atom. The molecule has 2 N–H and O–H groups in total. The van der Waals surface area contributed by atoms with Crippen LogP contribution in [0.25, 0.3) is 0 Å². The summed E-state index contributed by atoms with van der Waals surface area (Å²) in [6.07, 6.45) is 4.75. The third-order valence-corrected chi connectivity index (χ3v) is 4.05. The standard InChI is InChI=1S/C16H29N5O.ClH/c1-16(2,3)5-6-18-14(22)12-21-10-7-17-11-13(21)15-19-8-9-20(15)4;/h8-9,13,17H,5-7,10-12H2,1-4H3,(H,18,22);1H. The molecule has 0 aliphatic carbocycles. The molecule has 0 radical (unpaired) electrons. The molecule has 1 aliphatic heterocycles. The van der Waals surface area contributed by atoms with Crippen molar-refractivity contribution in [2.24, 2.45) is 12.5 Å². The Morgan fingerprint density at radius 3 is 2.83 bits per heavy atom. The molecule has 1 aromatic rings. The van der Waals surface area contributed by atoms with Crippen molar-refractivity contribution in [2.45, 2.75) is 33.2 Å². The number of halogens is 1. The Bertz CT molecular complexity index is 497. The lowest BCUT2D eigenvalue weighted by Gasteiger charge is -2.35. The van der Waals surface area contributed by atoms with E-state index in [0.29, 0.717) is 6.54 Å². The van der Waals surface area contributed by atoms with Gasteiger partial charge in [-0.1, -0.05) is 20.8 Å². The summed E-state index contributed by atoms with van der Waals surface area (Å²) in [7, 11) is 2.00. The van der Waals surface area contributed by atoms with Crippen molar-refractivity contribution < 1.29 is 4.79 Å². The van der Waals surface area contributed by atoms with Crippen molar-refractivity contribution in [1.29, 1.82) is 0 Å². The van der Waals surface area contributed by atoms with Gasteiger partial charge in [0.2, 0.25) is 5.91 Å². The summed E-state index contributed by atoms with van der Waals surface area (Å²) in [6.45, 7) is 10.3. The van der Waals surface area contributed by atoms with E-state index in [4.69, 9.17) is 0 Å².